The van der Waals surface area contributed by atoms with E-state index >= 15 is 0 Å². The van der Waals surface area contributed by atoms with E-state index in [0.717, 1.165) is 12.8 Å². The van der Waals surface area contributed by atoms with Crippen LogP contribution in [0.1, 0.15) is 38.5 Å². The van der Waals surface area contributed by atoms with Gasteiger partial charge in [-0.05, 0) is 25.7 Å². The zero-order valence-corrected chi connectivity index (χ0v) is 10.5. The van der Waals surface area contributed by atoms with Crippen LogP contribution in [0.2, 0.25) is 0 Å². The smallest absolute Gasteiger partial charge is 0.311 e. The van der Waals surface area contributed by atoms with Gasteiger partial charge in [-0.15, -0.1) is 13.2 Å². The van der Waals surface area contributed by atoms with Gasteiger partial charge in [-0.2, -0.15) is 0 Å². The first-order valence-electron chi connectivity index (χ1n) is 6.15. The molecule has 1 aliphatic carbocycles. The van der Waals surface area contributed by atoms with Crippen molar-refractivity contribution in [3.63, 3.8) is 0 Å². The minimum Gasteiger partial charge on any atom is -0.481 e. The Morgan fingerprint density at radius 3 is 1.50 bits per heavy atom. The summed E-state index contributed by atoms with van der Waals surface area (Å²) in [5, 5.41) is 19.2. The Morgan fingerprint density at radius 1 is 0.944 bits per heavy atom. The Hall–Kier alpha value is -1.58. The fourth-order valence-corrected chi connectivity index (χ4v) is 3.22. The van der Waals surface area contributed by atoms with Gasteiger partial charge in [0.15, 0.2) is 0 Å². The normalized spacial score (nSPS) is 31.6. The van der Waals surface area contributed by atoms with E-state index in [9.17, 15) is 19.8 Å². The fraction of sp³-hybridized carbons (Fsp3) is 0.571. The molecule has 18 heavy (non-hydrogen) atoms. The molecule has 1 fully saturated rings. The lowest BCUT2D eigenvalue weighted by Crippen LogP contribution is -2.54. The van der Waals surface area contributed by atoms with Crippen molar-refractivity contribution in [3.05, 3.63) is 25.3 Å². The highest BCUT2D eigenvalue weighted by Crippen LogP contribution is 2.55. The molecule has 2 N–H and O–H groups in total. The fourth-order valence-electron chi connectivity index (χ4n) is 3.22. The summed E-state index contributed by atoms with van der Waals surface area (Å²) in [7, 11) is 0. The molecule has 4 nitrogen and oxygen atoms in total. The van der Waals surface area contributed by atoms with Gasteiger partial charge in [0.2, 0.25) is 0 Å². The van der Waals surface area contributed by atoms with Gasteiger partial charge in [-0.1, -0.05) is 25.0 Å². The van der Waals surface area contributed by atoms with Crippen LogP contribution >= 0.6 is 0 Å². The molecule has 0 heterocycles. The van der Waals surface area contributed by atoms with E-state index in [1.54, 1.807) is 0 Å². The molecule has 4 heteroatoms. The minimum absolute atomic E-state index is 0.183. The summed E-state index contributed by atoms with van der Waals surface area (Å²) in [6, 6.07) is 0. The maximum atomic E-state index is 11.7. The van der Waals surface area contributed by atoms with Gasteiger partial charge in [0.25, 0.3) is 0 Å². The predicted octanol–water partition coefficient (Wildman–Crippen LogP) is 2.85. The third-order valence-electron chi connectivity index (χ3n) is 4.18. The van der Waals surface area contributed by atoms with E-state index in [-0.39, 0.29) is 12.8 Å². The quantitative estimate of drug-likeness (QED) is 0.713. The van der Waals surface area contributed by atoms with Gasteiger partial charge < -0.3 is 10.2 Å². The van der Waals surface area contributed by atoms with E-state index < -0.39 is 22.8 Å². The first-order valence-corrected chi connectivity index (χ1v) is 6.15. The number of rotatable bonds is 6. The number of carboxylic acid groups (broad SMARTS) is 2. The largest absolute Gasteiger partial charge is 0.481 e. The summed E-state index contributed by atoms with van der Waals surface area (Å²) in [6.07, 6.45) is 5.65. The van der Waals surface area contributed by atoms with Crippen molar-refractivity contribution in [2.24, 2.45) is 10.8 Å². The van der Waals surface area contributed by atoms with Crippen LogP contribution in [0.4, 0.5) is 0 Å². The third-order valence-corrected chi connectivity index (χ3v) is 4.18. The number of carboxylic acids is 2. The molecule has 0 saturated heterocycles. The van der Waals surface area contributed by atoms with Crippen molar-refractivity contribution in [3.8, 4) is 0 Å². The zero-order chi connectivity index (χ0) is 13.8. The van der Waals surface area contributed by atoms with Crippen LogP contribution in [0.15, 0.2) is 25.3 Å². The maximum absolute atomic E-state index is 11.7. The number of carbonyl (C=O) groups is 2. The molecule has 0 amide bonds. The summed E-state index contributed by atoms with van der Waals surface area (Å²) in [5.74, 6) is -2.07. The number of allylic oxidation sites excluding steroid dienone is 2. The zero-order valence-electron chi connectivity index (χ0n) is 10.5. The predicted molar refractivity (Wildman–Crippen MR) is 68.2 cm³/mol. The molecular weight excluding hydrogens is 232 g/mol. The lowest BCUT2D eigenvalue weighted by Gasteiger charge is -2.47. The molecule has 0 aliphatic heterocycles. The van der Waals surface area contributed by atoms with E-state index in [0.29, 0.717) is 12.8 Å². The standard InChI is InChI=1S/C14H20O4/c1-3-7-13(11(15)16)9-5-6-10-14(13,8-4-2)12(17)18/h3-4H,1-2,5-10H2,(H,15,16)(H,17,18)/t13-,14-/m1/s1. The van der Waals surface area contributed by atoms with E-state index in [1.807, 2.05) is 0 Å². The van der Waals surface area contributed by atoms with Crippen LogP contribution in [-0.4, -0.2) is 22.2 Å². The Morgan fingerprint density at radius 2 is 1.28 bits per heavy atom. The van der Waals surface area contributed by atoms with Crippen LogP contribution < -0.4 is 0 Å². The maximum Gasteiger partial charge on any atom is 0.311 e. The molecule has 0 bridgehead atoms. The Labute approximate surface area is 107 Å². The number of hydrogen-bond donors (Lipinski definition) is 2. The molecule has 0 aromatic carbocycles. The lowest BCUT2D eigenvalue weighted by atomic mass is 9.53. The summed E-state index contributed by atoms with van der Waals surface area (Å²) < 4.78 is 0. The van der Waals surface area contributed by atoms with Gasteiger partial charge in [0.1, 0.15) is 0 Å². The second-order valence-corrected chi connectivity index (χ2v) is 4.97. The van der Waals surface area contributed by atoms with Crippen molar-refractivity contribution in [2.45, 2.75) is 38.5 Å². The molecule has 0 spiro atoms. The van der Waals surface area contributed by atoms with Gasteiger partial charge in [0, 0.05) is 0 Å². The molecule has 0 aromatic heterocycles. The highest BCUT2D eigenvalue weighted by atomic mass is 16.4. The summed E-state index contributed by atoms with van der Waals surface area (Å²) in [6.45, 7) is 7.17. The first kappa shape index (κ1) is 14.5. The Kier molecular flexibility index (Phi) is 4.33. The molecule has 1 saturated carbocycles. The Bertz CT molecular complexity index is 338. The SMILES string of the molecule is C=CC[C@]1(C(=O)O)CCCC[C@]1(CC=C)C(=O)O. The summed E-state index contributed by atoms with van der Waals surface area (Å²) in [5.41, 5.74) is -2.51. The van der Waals surface area contributed by atoms with Crippen LogP contribution in [-0.2, 0) is 9.59 Å². The van der Waals surface area contributed by atoms with Crippen molar-refractivity contribution < 1.29 is 19.8 Å². The summed E-state index contributed by atoms with van der Waals surface area (Å²) in [4.78, 5) is 23.4. The van der Waals surface area contributed by atoms with Crippen molar-refractivity contribution >= 4 is 11.9 Å². The van der Waals surface area contributed by atoms with E-state index in [1.165, 1.54) is 12.2 Å². The second kappa shape index (κ2) is 5.38. The first-order chi connectivity index (χ1) is 8.47. The summed E-state index contributed by atoms with van der Waals surface area (Å²) >= 11 is 0. The Balaban J connectivity index is 3.38. The van der Waals surface area contributed by atoms with E-state index in [2.05, 4.69) is 13.2 Å². The monoisotopic (exact) mass is 252 g/mol. The van der Waals surface area contributed by atoms with Gasteiger partial charge >= 0.3 is 11.9 Å². The molecule has 1 aliphatic rings. The average molecular weight is 252 g/mol. The van der Waals surface area contributed by atoms with Crippen LogP contribution in [0, 0.1) is 10.8 Å². The highest BCUT2D eigenvalue weighted by Gasteiger charge is 2.60. The molecule has 2 atom stereocenters. The lowest BCUT2D eigenvalue weighted by molar-refractivity contribution is -0.179. The van der Waals surface area contributed by atoms with E-state index in [4.69, 9.17) is 0 Å². The van der Waals surface area contributed by atoms with Crippen molar-refractivity contribution in [1.82, 2.24) is 0 Å². The molecular formula is C14H20O4. The van der Waals surface area contributed by atoms with Crippen molar-refractivity contribution in [2.75, 3.05) is 0 Å². The van der Waals surface area contributed by atoms with Gasteiger partial charge in [-0.25, -0.2) is 0 Å². The molecule has 0 aromatic rings. The highest BCUT2D eigenvalue weighted by molar-refractivity contribution is 5.87. The molecule has 100 valence electrons. The van der Waals surface area contributed by atoms with Crippen LogP contribution in [0.5, 0.6) is 0 Å². The van der Waals surface area contributed by atoms with Crippen LogP contribution in [0.25, 0.3) is 0 Å². The minimum atomic E-state index is -1.26. The number of aliphatic carboxylic acids is 2. The third kappa shape index (κ3) is 1.96. The van der Waals surface area contributed by atoms with Gasteiger partial charge in [-0.3, -0.25) is 9.59 Å². The number of hydrogen-bond acceptors (Lipinski definition) is 2. The van der Waals surface area contributed by atoms with Gasteiger partial charge in [0.05, 0.1) is 10.8 Å². The average Bonchev–Trinajstić information content (AvgIpc) is 2.31. The van der Waals surface area contributed by atoms with Crippen molar-refractivity contribution in [1.29, 1.82) is 0 Å². The molecule has 0 unspecified atom stereocenters. The topological polar surface area (TPSA) is 74.6 Å². The molecule has 1 rings (SSSR count). The van der Waals surface area contributed by atoms with Crippen LogP contribution in [0.3, 0.4) is 0 Å². The second-order valence-electron chi connectivity index (χ2n) is 4.97. The molecule has 0 radical (unpaired) electrons.